The molecule has 0 saturated heterocycles. The number of nitrogens with zero attached hydrogens (tertiary/aromatic N) is 2. The Labute approximate surface area is 107 Å². The third kappa shape index (κ3) is 2.04. The number of carbonyl (C=O) groups is 1. The number of hydrogen-bond donors (Lipinski definition) is 1. The molecule has 2 rings (SSSR count). The van der Waals surface area contributed by atoms with Crippen molar-refractivity contribution < 1.29 is 18.7 Å². The van der Waals surface area contributed by atoms with Crippen molar-refractivity contribution >= 4 is 23.0 Å². The lowest BCUT2D eigenvalue weighted by Gasteiger charge is -2.29. The lowest BCUT2D eigenvalue weighted by molar-refractivity contribution is -0.164. The minimum Gasteiger partial charge on any atom is -0.364 e. The van der Waals surface area contributed by atoms with Crippen molar-refractivity contribution in [2.45, 2.75) is 32.4 Å². The van der Waals surface area contributed by atoms with Crippen LogP contribution in [0.25, 0.3) is 0 Å². The Hall–Kier alpha value is -1.34. The number of amides is 1. The standard InChI is InChI=1S/C11H12F2N2O2S/c1-6-4-11(17,10(12)13)15(14-6)9(16)8-3-7(2)18-5-8/h3,5,10,17H,4H2,1-2H3/t11-/m0/s1. The Morgan fingerprint density at radius 2 is 2.28 bits per heavy atom. The fourth-order valence-electron chi connectivity index (χ4n) is 1.81. The number of thiophene rings is 1. The Bertz CT molecular complexity index is 515. The van der Waals surface area contributed by atoms with Crippen LogP contribution in [0.2, 0.25) is 0 Å². The minimum atomic E-state index is -3.07. The van der Waals surface area contributed by atoms with E-state index in [1.165, 1.54) is 18.3 Å². The first kappa shape index (κ1) is 13.1. The monoisotopic (exact) mass is 274 g/mol. The first-order chi connectivity index (χ1) is 8.34. The molecule has 1 aliphatic rings. The molecule has 1 N–H and O–H groups in total. The summed E-state index contributed by atoms with van der Waals surface area (Å²) in [6, 6.07) is 1.59. The molecule has 0 bridgehead atoms. The number of aliphatic hydroxyl groups is 1. The van der Waals surface area contributed by atoms with Crippen LogP contribution < -0.4 is 0 Å². The van der Waals surface area contributed by atoms with E-state index in [-0.39, 0.29) is 12.0 Å². The Morgan fingerprint density at radius 3 is 2.78 bits per heavy atom. The highest BCUT2D eigenvalue weighted by atomic mass is 32.1. The van der Waals surface area contributed by atoms with E-state index in [0.717, 1.165) is 4.88 Å². The Kier molecular flexibility index (Phi) is 3.20. The highest BCUT2D eigenvalue weighted by Gasteiger charge is 2.51. The van der Waals surface area contributed by atoms with Gasteiger partial charge in [0.15, 0.2) is 0 Å². The number of rotatable bonds is 2. The molecule has 1 aromatic heterocycles. The zero-order chi connectivity index (χ0) is 13.5. The number of halogens is 2. The smallest absolute Gasteiger partial charge is 0.287 e. The summed E-state index contributed by atoms with van der Waals surface area (Å²) in [6.07, 6.45) is -3.40. The van der Waals surface area contributed by atoms with Gasteiger partial charge in [-0.1, -0.05) is 0 Å². The van der Waals surface area contributed by atoms with Gasteiger partial charge in [0.1, 0.15) is 0 Å². The maximum Gasteiger partial charge on any atom is 0.287 e. The molecule has 1 amide bonds. The third-order valence-electron chi connectivity index (χ3n) is 2.67. The maximum atomic E-state index is 12.9. The molecule has 0 aliphatic carbocycles. The molecule has 0 fully saturated rings. The van der Waals surface area contributed by atoms with Crippen LogP contribution in [0.3, 0.4) is 0 Å². The van der Waals surface area contributed by atoms with Crippen LogP contribution in [-0.2, 0) is 0 Å². The second-order valence-electron chi connectivity index (χ2n) is 4.25. The Morgan fingerprint density at radius 1 is 1.61 bits per heavy atom. The highest BCUT2D eigenvalue weighted by Crippen LogP contribution is 2.33. The van der Waals surface area contributed by atoms with Crippen LogP contribution in [0.15, 0.2) is 16.5 Å². The van der Waals surface area contributed by atoms with Gasteiger partial charge in [0.25, 0.3) is 12.3 Å². The summed E-state index contributed by atoms with van der Waals surface area (Å²) in [4.78, 5) is 12.9. The average Bonchev–Trinajstić information content (AvgIpc) is 2.82. The van der Waals surface area contributed by atoms with Gasteiger partial charge >= 0.3 is 0 Å². The van der Waals surface area contributed by atoms with E-state index in [1.807, 2.05) is 0 Å². The van der Waals surface area contributed by atoms with Gasteiger partial charge in [-0.15, -0.1) is 11.3 Å². The quantitative estimate of drug-likeness (QED) is 0.899. The summed E-state index contributed by atoms with van der Waals surface area (Å²) < 4.78 is 25.8. The van der Waals surface area contributed by atoms with E-state index in [4.69, 9.17) is 0 Å². The predicted molar refractivity (Wildman–Crippen MR) is 63.9 cm³/mol. The zero-order valence-corrected chi connectivity index (χ0v) is 10.7. The van der Waals surface area contributed by atoms with Gasteiger partial charge in [-0.2, -0.15) is 10.1 Å². The molecule has 4 nitrogen and oxygen atoms in total. The number of carbonyl (C=O) groups excluding carboxylic acids is 1. The van der Waals surface area contributed by atoms with Crippen LogP contribution in [0, 0.1) is 6.92 Å². The van der Waals surface area contributed by atoms with Gasteiger partial charge in [0.05, 0.1) is 5.56 Å². The van der Waals surface area contributed by atoms with Gasteiger partial charge < -0.3 is 5.11 Å². The molecule has 0 unspecified atom stereocenters. The number of aryl methyl sites for hydroxylation is 1. The molecule has 0 saturated carbocycles. The molecular formula is C11H12F2N2O2S. The fourth-order valence-corrected chi connectivity index (χ4v) is 2.49. The maximum absolute atomic E-state index is 12.9. The second-order valence-corrected chi connectivity index (χ2v) is 5.37. The van der Waals surface area contributed by atoms with E-state index in [9.17, 15) is 18.7 Å². The van der Waals surface area contributed by atoms with Gasteiger partial charge in [-0.05, 0) is 19.9 Å². The summed E-state index contributed by atoms with van der Waals surface area (Å²) in [7, 11) is 0. The number of alkyl halides is 2. The molecule has 18 heavy (non-hydrogen) atoms. The molecule has 98 valence electrons. The fraction of sp³-hybridized carbons (Fsp3) is 0.455. The molecule has 0 radical (unpaired) electrons. The van der Waals surface area contributed by atoms with Crippen LogP contribution in [0.5, 0.6) is 0 Å². The van der Waals surface area contributed by atoms with Gasteiger partial charge in [0.2, 0.25) is 5.72 Å². The third-order valence-corrected chi connectivity index (χ3v) is 3.53. The van der Waals surface area contributed by atoms with Crippen LogP contribution >= 0.6 is 11.3 Å². The van der Waals surface area contributed by atoms with Crippen LogP contribution in [0.4, 0.5) is 8.78 Å². The van der Waals surface area contributed by atoms with Crippen molar-refractivity contribution in [3.63, 3.8) is 0 Å². The first-order valence-electron chi connectivity index (χ1n) is 5.29. The largest absolute Gasteiger partial charge is 0.364 e. The lowest BCUT2D eigenvalue weighted by Crippen LogP contribution is -2.51. The number of hydrazone groups is 1. The summed E-state index contributed by atoms with van der Waals surface area (Å²) in [5.41, 5.74) is -1.97. The molecule has 1 aliphatic heterocycles. The Balaban J connectivity index is 2.34. The van der Waals surface area contributed by atoms with Crippen molar-refractivity contribution in [3.05, 3.63) is 21.9 Å². The van der Waals surface area contributed by atoms with Crippen LogP contribution in [0.1, 0.15) is 28.6 Å². The summed E-state index contributed by atoms with van der Waals surface area (Å²) in [5.74, 6) is -0.709. The second kappa shape index (κ2) is 4.40. The topological polar surface area (TPSA) is 52.9 Å². The minimum absolute atomic E-state index is 0.259. The van der Waals surface area contributed by atoms with E-state index >= 15 is 0 Å². The molecule has 0 aromatic carbocycles. The van der Waals surface area contributed by atoms with Crippen molar-refractivity contribution in [1.29, 1.82) is 0 Å². The van der Waals surface area contributed by atoms with Crippen molar-refractivity contribution in [2.24, 2.45) is 5.10 Å². The van der Waals surface area contributed by atoms with E-state index in [2.05, 4.69) is 5.10 Å². The molecule has 1 atom stereocenters. The lowest BCUT2D eigenvalue weighted by atomic mass is 10.1. The SMILES string of the molecule is CC1=NN(C(=O)c2csc(C)c2)[C@@](O)(C(F)F)C1. The summed E-state index contributed by atoms with van der Waals surface area (Å²) >= 11 is 1.34. The van der Waals surface area contributed by atoms with Gasteiger partial charge in [-0.25, -0.2) is 8.78 Å². The molecule has 2 heterocycles. The van der Waals surface area contributed by atoms with Gasteiger partial charge in [0, 0.05) is 22.4 Å². The van der Waals surface area contributed by atoms with Crippen LogP contribution in [-0.4, -0.2) is 33.9 Å². The first-order valence-corrected chi connectivity index (χ1v) is 6.17. The molecule has 7 heteroatoms. The predicted octanol–water partition coefficient (Wildman–Crippen LogP) is 2.23. The summed E-state index contributed by atoms with van der Waals surface area (Å²) in [5, 5.41) is 15.7. The average molecular weight is 274 g/mol. The normalized spacial score (nSPS) is 23.7. The summed E-state index contributed by atoms with van der Waals surface area (Å²) in [6.45, 7) is 3.30. The van der Waals surface area contributed by atoms with E-state index in [0.29, 0.717) is 10.7 Å². The van der Waals surface area contributed by atoms with Crippen molar-refractivity contribution in [1.82, 2.24) is 5.01 Å². The van der Waals surface area contributed by atoms with E-state index in [1.54, 1.807) is 18.4 Å². The van der Waals surface area contributed by atoms with Crippen molar-refractivity contribution in [3.8, 4) is 0 Å². The highest BCUT2D eigenvalue weighted by molar-refractivity contribution is 7.10. The van der Waals surface area contributed by atoms with Crippen molar-refractivity contribution in [2.75, 3.05) is 0 Å². The molecular weight excluding hydrogens is 262 g/mol. The van der Waals surface area contributed by atoms with Gasteiger partial charge in [-0.3, -0.25) is 4.79 Å². The number of hydrogen-bond acceptors (Lipinski definition) is 4. The van der Waals surface area contributed by atoms with E-state index < -0.39 is 18.1 Å². The zero-order valence-electron chi connectivity index (χ0n) is 9.85. The molecule has 0 spiro atoms. The molecule has 1 aromatic rings.